The number of aromatic nitrogens is 3. The number of fused-ring (bicyclic) bond motifs is 1. The fourth-order valence-electron chi connectivity index (χ4n) is 5.69. The van der Waals surface area contributed by atoms with Crippen LogP contribution < -0.4 is 10.9 Å². The molecule has 1 aromatic carbocycles. The van der Waals surface area contributed by atoms with E-state index in [0.29, 0.717) is 66.2 Å². The van der Waals surface area contributed by atoms with Crippen molar-refractivity contribution in [1.82, 2.24) is 24.6 Å². The van der Waals surface area contributed by atoms with Crippen LogP contribution in [-0.4, -0.2) is 68.3 Å². The number of aromatic amines is 1. The molecule has 42 heavy (non-hydrogen) atoms. The molecule has 1 unspecified atom stereocenters. The molecule has 1 aliphatic heterocycles. The molecule has 3 heterocycles. The van der Waals surface area contributed by atoms with Gasteiger partial charge in [-0.1, -0.05) is 0 Å². The fraction of sp³-hybridized carbons (Fsp3) is 0.516. The first-order valence-corrected chi connectivity index (χ1v) is 14.6. The monoisotopic (exact) mass is 573 g/mol. The number of nitrogens with zero attached hydrogens (tertiary/aromatic N) is 5. The van der Waals surface area contributed by atoms with E-state index in [1.54, 1.807) is 24.2 Å². The molecule has 1 atom stereocenters. The molecular weight excluding hydrogens is 534 g/mol. The first kappa shape index (κ1) is 29.2. The Kier molecular flexibility index (Phi) is 7.99. The fourth-order valence-corrected chi connectivity index (χ4v) is 5.69. The highest BCUT2D eigenvalue weighted by Gasteiger charge is 2.35. The summed E-state index contributed by atoms with van der Waals surface area (Å²) in [6.07, 6.45) is 5.04. The standard InChI is InChI=1S/C31H39N7O4/c1-19-18-21(34-27-26-25(11-15-33-28(26)39)38(35-27)24(10-14-32)20-6-7-20)8-9-23(19)29(40)37-16-12-22(13-17-37)36(5)30(41)42-31(2,3)4/h8-9,11,15,18,20,22,24H,6-7,10,12-13,16-17H2,1-5H3,(H,33,39)(H,34,35). The maximum absolute atomic E-state index is 13.4. The summed E-state index contributed by atoms with van der Waals surface area (Å²) >= 11 is 0. The number of hydrogen-bond donors (Lipinski definition) is 2. The number of pyridine rings is 1. The molecule has 2 N–H and O–H groups in total. The Morgan fingerprint density at radius 1 is 1.21 bits per heavy atom. The minimum Gasteiger partial charge on any atom is -0.444 e. The number of carbonyl (C=O) groups is 2. The Morgan fingerprint density at radius 2 is 1.93 bits per heavy atom. The van der Waals surface area contributed by atoms with Crippen molar-refractivity contribution in [3.8, 4) is 6.07 Å². The third-order valence-corrected chi connectivity index (χ3v) is 8.11. The van der Waals surface area contributed by atoms with E-state index in [1.165, 1.54) is 0 Å². The van der Waals surface area contributed by atoms with Crippen LogP contribution in [-0.2, 0) is 4.74 Å². The summed E-state index contributed by atoms with van der Waals surface area (Å²) in [6.45, 7) is 8.53. The van der Waals surface area contributed by atoms with Crippen LogP contribution in [0.5, 0.6) is 0 Å². The predicted molar refractivity (Wildman–Crippen MR) is 160 cm³/mol. The zero-order chi connectivity index (χ0) is 30.2. The first-order chi connectivity index (χ1) is 20.0. The molecule has 0 radical (unpaired) electrons. The Bertz CT molecular complexity index is 1580. The minimum atomic E-state index is -0.556. The number of amides is 2. The molecule has 3 aromatic rings. The second-order valence-corrected chi connectivity index (χ2v) is 12.4. The zero-order valence-corrected chi connectivity index (χ0v) is 24.9. The maximum atomic E-state index is 13.4. The molecule has 2 fully saturated rings. The van der Waals surface area contributed by atoms with Crippen LogP contribution >= 0.6 is 0 Å². The van der Waals surface area contributed by atoms with Crippen molar-refractivity contribution >= 4 is 34.4 Å². The van der Waals surface area contributed by atoms with Crippen molar-refractivity contribution in [2.24, 2.45) is 5.92 Å². The summed E-state index contributed by atoms with van der Waals surface area (Å²) < 4.78 is 7.32. The number of ether oxygens (including phenoxy) is 1. The second-order valence-electron chi connectivity index (χ2n) is 12.4. The van der Waals surface area contributed by atoms with Crippen molar-refractivity contribution in [3.63, 3.8) is 0 Å². The summed E-state index contributed by atoms with van der Waals surface area (Å²) in [7, 11) is 1.75. The molecule has 1 saturated heterocycles. The molecule has 1 saturated carbocycles. The van der Waals surface area contributed by atoms with Gasteiger partial charge in [0, 0.05) is 43.6 Å². The predicted octanol–water partition coefficient (Wildman–Crippen LogP) is 5.11. The van der Waals surface area contributed by atoms with Crippen LogP contribution in [0.2, 0.25) is 0 Å². The lowest BCUT2D eigenvalue weighted by Gasteiger charge is -2.37. The van der Waals surface area contributed by atoms with E-state index in [0.717, 1.165) is 18.4 Å². The van der Waals surface area contributed by atoms with Gasteiger partial charge in [0.25, 0.3) is 11.5 Å². The van der Waals surface area contributed by atoms with Crippen molar-refractivity contribution in [1.29, 1.82) is 5.26 Å². The van der Waals surface area contributed by atoms with Gasteiger partial charge in [0.05, 0.1) is 24.0 Å². The number of aryl methyl sites for hydroxylation is 1. The van der Waals surface area contributed by atoms with Gasteiger partial charge in [0.1, 0.15) is 11.0 Å². The molecule has 222 valence electrons. The van der Waals surface area contributed by atoms with Gasteiger partial charge >= 0.3 is 6.09 Å². The highest BCUT2D eigenvalue weighted by Crippen LogP contribution is 2.43. The molecule has 5 rings (SSSR count). The molecule has 11 nitrogen and oxygen atoms in total. The third-order valence-electron chi connectivity index (χ3n) is 8.11. The Morgan fingerprint density at radius 3 is 2.55 bits per heavy atom. The number of likely N-dealkylation sites (tertiary alicyclic amines) is 1. The number of nitrogens with one attached hydrogen (secondary N) is 2. The molecule has 2 aromatic heterocycles. The summed E-state index contributed by atoms with van der Waals surface area (Å²) in [5.41, 5.74) is 2.00. The third kappa shape index (κ3) is 6.12. The number of H-pyrrole nitrogens is 1. The number of hydrogen-bond acceptors (Lipinski definition) is 7. The SMILES string of the molecule is Cc1cc(Nc2nn(C(CC#N)C3CC3)c3cc[nH]c(=O)c23)ccc1C(=O)N1CCC(N(C)C(=O)OC(C)(C)C)CC1. The smallest absolute Gasteiger partial charge is 0.410 e. The molecule has 0 spiro atoms. The zero-order valence-electron chi connectivity index (χ0n) is 24.9. The van der Waals surface area contributed by atoms with Crippen molar-refractivity contribution in [3.05, 3.63) is 51.9 Å². The molecular formula is C31H39N7O4. The highest BCUT2D eigenvalue weighted by atomic mass is 16.6. The van der Waals surface area contributed by atoms with Gasteiger partial charge in [-0.3, -0.25) is 14.3 Å². The highest BCUT2D eigenvalue weighted by molar-refractivity contribution is 5.97. The quantitative estimate of drug-likeness (QED) is 0.401. The second kappa shape index (κ2) is 11.5. The van der Waals surface area contributed by atoms with Gasteiger partial charge in [0.15, 0.2) is 5.82 Å². The lowest BCUT2D eigenvalue weighted by atomic mass is 10.0. The molecule has 11 heteroatoms. The summed E-state index contributed by atoms with van der Waals surface area (Å²) in [5.74, 6) is 0.757. The number of rotatable bonds is 7. The largest absolute Gasteiger partial charge is 0.444 e. The Labute approximate surface area is 245 Å². The minimum absolute atomic E-state index is 0.0158. The summed E-state index contributed by atoms with van der Waals surface area (Å²) in [4.78, 5) is 44.9. The van der Waals surface area contributed by atoms with Crippen molar-refractivity contribution < 1.29 is 14.3 Å². The van der Waals surface area contributed by atoms with Crippen LogP contribution in [0.3, 0.4) is 0 Å². The topological polar surface area (TPSA) is 136 Å². The van der Waals surface area contributed by atoms with Crippen LogP contribution in [0.4, 0.5) is 16.3 Å². The van der Waals surface area contributed by atoms with E-state index in [1.807, 2.05) is 55.5 Å². The average molecular weight is 574 g/mol. The van der Waals surface area contributed by atoms with Gasteiger partial charge < -0.3 is 24.8 Å². The summed E-state index contributed by atoms with van der Waals surface area (Å²) in [5, 5.41) is 17.9. The van der Waals surface area contributed by atoms with Crippen LogP contribution in [0.15, 0.2) is 35.3 Å². The molecule has 0 bridgehead atoms. The maximum Gasteiger partial charge on any atom is 0.410 e. The van der Waals surface area contributed by atoms with E-state index in [9.17, 15) is 19.6 Å². The van der Waals surface area contributed by atoms with E-state index >= 15 is 0 Å². The number of anilines is 2. The van der Waals surface area contributed by atoms with Crippen LogP contribution in [0.25, 0.3) is 10.9 Å². The average Bonchev–Trinajstić information content (AvgIpc) is 3.72. The van der Waals surface area contributed by atoms with Gasteiger partial charge in [-0.15, -0.1) is 0 Å². The number of piperidine rings is 1. The molecule has 2 amide bonds. The molecule has 1 aliphatic carbocycles. The number of nitriles is 1. The number of benzene rings is 1. The van der Waals surface area contributed by atoms with E-state index in [4.69, 9.17) is 9.84 Å². The number of carbonyl (C=O) groups excluding carboxylic acids is 2. The normalized spacial score (nSPS) is 16.6. The van der Waals surface area contributed by atoms with Crippen LogP contribution in [0.1, 0.15) is 74.8 Å². The van der Waals surface area contributed by atoms with Crippen molar-refractivity contribution in [2.75, 3.05) is 25.5 Å². The van der Waals surface area contributed by atoms with E-state index in [2.05, 4.69) is 16.4 Å². The molecule has 2 aliphatic rings. The van der Waals surface area contributed by atoms with Gasteiger partial charge in [-0.2, -0.15) is 10.4 Å². The van der Waals surface area contributed by atoms with Gasteiger partial charge in [-0.05, 0) is 89.1 Å². The van der Waals surface area contributed by atoms with Crippen molar-refractivity contribution in [2.45, 2.75) is 77.5 Å². The lowest BCUT2D eigenvalue weighted by Crippen LogP contribution is -2.48. The lowest BCUT2D eigenvalue weighted by molar-refractivity contribution is 0.0156. The van der Waals surface area contributed by atoms with E-state index in [-0.39, 0.29) is 29.6 Å². The summed E-state index contributed by atoms with van der Waals surface area (Å²) in [6, 6.07) is 9.53. The Balaban J connectivity index is 1.29. The Hall–Kier alpha value is -4.33. The van der Waals surface area contributed by atoms with Gasteiger partial charge in [-0.25, -0.2) is 4.79 Å². The van der Waals surface area contributed by atoms with E-state index < -0.39 is 5.60 Å². The van der Waals surface area contributed by atoms with Crippen LogP contribution in [0, 0.1) is 24.2 Å². The first-order valence-electron chi connectivity index (χ1n) is 14.6. The van der Waals surface area contributed by atoms with Gasteiger partial charge in [0.2, 0.25) is 0 Å².